The average molecular weight is 415 g/mol. The van der Waals surface area contributed by atoms with E-state index in [2.05, 4.69) is 29.7 Å². The third-order valence-electron chi connectivity index (χ3n) is 6.47. The molecular formula is C24H38N4O2. The minimum atomic E-state index is 0.236. The molecule has 2 N–H and O–H groups in total. The Labute approximate surface area is 181 Å². The molecule has 0 unspecified atom stereocenters. The number of aliphatic imine (C=N–C) groups is 1. The van der Waals surface area contributed by atoms with E-state index in [-0.39, 0.29) is 5.91 Å². The van der Waals surface area contributed by atoms with Crippen molar-refractivity contribution in [3.05, 3.63) is 35.4 Å². The molecule has 1 heterocycles. The number of methoxy groups -OCH3 is 1. The highest BCUT2D eigenvalue weighted by Gasteiger charge is 2.33. The molecule has 3 rings (SSSR count). The Morgan fingerprint density at radius 1 is 1.17 bits per heavy atom. The fourth-order valence-electron chi connectivity index (χ4n) is 4.63. The molecule has 30 heavy (non-hydrogen) atoms. The fourth-order valence-corrected chi connectivity index (χ4v) is 4.63. The number of nitrogens with zero attached hydrogens (tertiary/aromatic N) is 2. The molecule has 0 bridgehead atoms. The van der Waals surface area contributed by atoms with Crippen molar-refractivity contribution in [1.82, 2.24) is 15.5 Å². The van der Waals surface area contributed by atoms with Crippen molar-refractivity contribution in [3.8, 4) is 0 Å². The number of ether oxygens (including phenoxy) is 1. The van der Waals surface area contributed by atoms with Crippen LogP contribution in [-0.4, -0.2) is 50.1 Å². The minimum absolute atomic E-state index is 0.236. The topological polar surface area (TPSA) is 66.0 Å². The van der Waals surface area contributed by atoms with Crippen molar-refractivity contribution < 1.29 is 9.53 Å². The summed E-state index contributed by atoms with van der Waals surface area (Å²) in [4.78, 5) is 19.4. The SMILES string of the molecule is CCNC(=NCC1(CCOC)CCCC1)NCCCC(=O)N1Cc2ccccc2C1. The van der Waals surface area contributed by atoms with E-state index < -0.39 is 0 Å². The van der Waals surface area contributed by atoms with Gasteiger partial charge in [0.05, 0.1) is 0 Å². The average Bonchev–Trinajstić information content (AvgIpc) is 3.41. The Bertz CT molecular complexity index is 688. The number of carbonyl (C=O) groups is 1. The van der Waals surface area contributed by atoms with Gasteiger partial charge in [-0.2, -0.15) is 0 Å². The summed E-state index contributed by atoms with van der Waals surface area (Å²) < 4.78 is 5.33. The largest absolute Gasteiger partial charge is 0.385 e. The van der Waals surface area contributed by atoms with Crippen molar-refractivity contribution in [2.75, 3.05) is 33.4 Å². The lowest BCUT2D eigenvalue weighted by atomic mass is 9.83. The standard InChI is InChI=1S/C24H38N4O2/c1-3-25-23(27-19-24(14-16-30-2)12-6-7-13-24)26-15-8-11-22(29)28-17-20-9-4-5-10-21(20)18-28/h4-5,9-10H,3,6-8,11-19H2,1-2H3,(H2,25,26,27). The van der Waals surface area contributed by atoms with Gasteiger partial charge in [0.1, 0.15) is 0 Å². The smallest absolute Gasteiger partial charge is 0.223 e. The van der Waals surface area contributed by atoms with E-state index in [1.54, 1.807) is 7.11 Å². The second kappa shape index (κ2) is 11.3. The zero-order chi connectivity index (χ0) is 21.2. The van der Waals surface area contributed by atoms with Gasteiger partial charge in [-0.1, -0.05) is 37.1 Å². The first-order chi connectivity index (χ1) is 14.7. The monoisotopic (exact) mass is 414 g/mol. The van der Waals surface area contributed by atoms with Crippen molar-refractivity contribution in [2.24, 2.45) is 10.4 Å². The van der Waals surface area contributed by atoms with E-state index in [1.165, 1.54) is 36.8 Å². The minimum Gasteiger partial charge on any atom is -0.385 e. The van der Waals surface area contributed by atoms with Crippen molar-refractivity contribution >= 4 is 11.9 Å². The number of carbonyl (C=O) groups excluding carboxylic acids is 1. The van der Waals surface area contributed by atoms with Crippen LogP contribution < -0.4 is 10.6 Å². The van der Waals surface area contributed by atoms with Crippen molar-refractivity contribution in [3.63, 3.8) is 0 Å². The maximum absolute atomic E-state index is 12.6. The van der Waals surface area contributed by atoms with E-state index in [0.29, 0.717) is 11.8 Å². The van der Waals surface area contributed by atoms with Crippen LogP contribution in [0.15, 0.2) is 29.3 Å². The summed E-state index contributed by atoms with van der Waals surface area (Å²) in [7, 11) is 1.78. The van der Waals surface area contributed by atoms with Crippen LogP contribution in [0.1, 0.15) is 63.0 Å². The Morgan fingerprint density at radius 2 is 1.87 bits per heavy atom. The zero-order valence-electron chi connectivity index (χ0n) is 18.7. The number of guanidine groups is 1. The molecule has 1 fully saturated rings. The molecule has 1 aromatic rings. The summed E-state index contributed by atoms with van der Waals surface area (Å²) in [5, 5.41) is 6.77. The molecule has 2 aliphatic rings. The number of benzene rings is 1. The highest BCUT2D eigenvalue weighted by atomic mass is 16.5. The molecule has 1 saturated carbocycles. The van der Waals surface area contributed by atoms with E-state index in [9.17, 15) is 4.79 Å². The van der Waals surface area contributed by atoms with Crippen LogP contribution in [0, 0.1) is 5.41 Å². The van der Waals surface area contributed by atoms with Gasteiger partial charge in [-0.25, -0.2) is 0 Å². The van der Waals surface area contributed by atoms with Gasteiger partial charge in [0.25, 0.3) is 0 Å². The van der Waals surface area contributed by atoms with Gasteiger partial charge in [-0.05, 0) is 49.1 Å². The number of fused-ring (bicyclic) bond motifs is 1. The van der Waals surface area contributed by atoms with Gasteiger partial charge in [0.15, 0.2) is 5.96 Å². The molecule has 0 aromatic heterocycles. The number of rotatable bonds is 10. The number of amides is 1. The second-order valence-corrected chi connectivity index (χ2v) is 8.69. The van der Waals surface area contributed by atoms with Gasteiger partial charge in [0.2, 0.25) is 5.91 Å². The molecule has 1 amide bonds. The van der Waals surface area contributed by atoms with E-state index in [4.69, 9.17) is 9.73 Å². The summed E-state index contributed by atoms with van der Waals surface area (Å²) in [6.07, 6.45) is 7.54. The first kappa shape index (κ1) is 22.6. The first-order valence-corrected chi connectivity index (χ1v) is 11.5. The van der Waals surface area contributed by atoms with Gasteiger partial charge in [0, 0.05) is 52.9 Å². The summed E-state index contributed by atoms with van der Waals surface area (Å²) >= 11 is 0. The Kier molecular flexibility index (Phi) is 8.55. The molecule has 1 aromatic carbocycles. The summed E-state index contributed by atoms with van der Waals surface area (Å²) in [6, 6.07) is 8.33. The van der Waals surface area contributed by atoms with Gasteiger partial charge in [-0.15, -0.1) is 0 Å². The van der Waals surface area contributed by atoms with Crippen LogP contribution >= 0.6 is 0 Å². The van der Waals surface area contributed by atoms with Crippen LogP contribution in [0.4, 0.5) is 0 Å². The Balaban J connectivity index is 1.42. The lowest BCUT2D eigenvalue weighted by molar-refractivity contribution is -0.131. The molecule has 166 valence electrons. The normalized spacial score (nSPS) is 17.8. The molecule has 6 nitrogen and oxygen atoms in total. The van der Waals surface area contributed by atoms with E-state index >= 15 is 0 Å². The highest BCUT2D eigenvalue weighted by Crippen LogP contribution is 2.41. The fraction of sp³-hybridized carbons (Fsp3) is 0.667. The predicted molar refractivity (Wildman–Crippen MR) is 121 cm³/mol. The molecule has 0 atom stereocenters. The molecule has 0 saturated heterocycles. The zero-order valence-corrected chi connectivity index (χ0v) is 18.7. The van der Waals surface area contributed by atoms with Crippen LogP contribution in [0.25, 0.3) is 0 Å². The van der Waals surface area contributed by atoms with Crippen molar-refractivity contribution in [1.29, 1.82) is 0 Å². The summed E-state index contributed by atoms with van der Waals surface area (Å²) in [5.74, 6) is 1.10. The molecular weight excluding hydrogens is 376 g/mol. The van der Waals surface area contributed by atoms with Crippen LogP contribution in [-0.2, 0) is 22.6 Å². The molecule has 6 heteroatoms. The Morgan fingerprint density at radius 3 is 2.50 bits per heavy atom. The second-order valence-electron chi connectivity index (χ2n) is 8.69. The first-order valence-electron chi connectivity index (χ1n) is 11.5. The molecule has 0 spiro atoms. The lowest BCUT2D eigenvalue weighted by Gasteiger charge is -2.27. The summed E-state index contributed by atoms with van der Waals surface area (Å²) in [5.41, 5.74) is 2.85. The van der Waals surface area contributed by atoms with Crippen LogP contribution in [0.3, 0.4) is 0 Å². The van der Waals surface area contributed by atoms with Gasteiger partial charge >= 0.3 is 0 Å². The third kappa shape index (κ3) is 6.21. The Hall–Kier alpha value is -2.08. The quantitative estimate of drug-likeness (QED) is 0.350. The number of hydrogen-bond donors (Lipinski definition) is 2. The van der Waals surface area contributed by atoms with Crippen LogP contribution in [0.2, 0.25) is 0 Å². The van der Waals surface area contributed by atoms with Gasteiger partial charge in [-0.3, -0.25) is 9.79 Å². The maximum atomic E-state index is 12.6. The maximum Gasteiger partial charge on any atom is 0.223 e. The molecule has 1 aliphatic carbocycles. The molecule has 1 aliphatic heterocycles. The van der Waals surface area contributed by atoms with E-state index in [0.717, 1.165) is 58.1 Å². The highest BCUT2D eigenvalue weighted by molar-refractivity contribution is 5.80. The number of nitrogens with one attached hydrogen (secondary N) is 2. The molecule has 0 radical (unpaired) electrons. The number of hydrogen-bond acceptors (Lipinski definition) is 3. The van der Waals surface area contributed by atoms with E-state index in [1.807, 2.05) is 17.0 Å². The third-order valence-corrected chi connectivity index (χ3v) is 6.47. The van der Waals surface area contributed by atoms with Gasteiger partial charge < -0.3 is 20.3 Å². The van der Waals surface area contributed by atoms with Crippen molar-refractivity contribution in [2.45, 2.75) is 65.0 Å². The van der Waals surface area contributed by atoms with Crippen LogP contribution in [0.5, 0.6) is 0 Å². The predicted octanol–water partition coefficient (Wildman–Crippen LogP) is 3.46. The lowest BCUT2D eigenvalue weighted by Crippen LogP contribution is -2.39. The summed E-state index contributed by atoms with van der Waals surface area (Å²) in [6.45, 7) is 6.82.